The number of hydrogen-bond acceptors (Lipinski definition) is 2. The summed E-state index contributed by atoms with van der Waals surface area (Å²) in [7, 11) is 0. The minimum atomic E-state index is -0.111. The fraction of sp³-hybridized carbons (Fsp3) is 0. The summed E-state index contributed by atoms with van der Waals surface area (Å²) in [4.78, 5) is 0. The molecular formula is C8H8N4. The van der Waals surface area contributed by atoms with Crippen molar-refractivity contribution in [1.82, 2.24) is 0 Å². The topological polar surface area (TPSA) is 85.7 Å². The zero-order valence-electron chi connectivity index (χ0n) is 6.33. The molecule has 1 aromatic rings. The van der Waals surface area contributed by atoms with Crippen LogP contribution in [-0.4, -0.2) is 5.96 Å². The largest absolute Gasteiger partial charge is 0.370 e. The van der Waals surface area contributed by atoms with Crippen molar-refractivity contribution in [2.45, 2.75) is 0 Å². The van der Waals surface area contributed by atoms with Crippen LogP contribution in [-0.2, 0) is 0 Å². The average molecular weight is 160 g/mol. The van der Waals surface area contributed by atoms with Gasteiger partial charge in [0, 0.05) is 5.69 Å². The molecule has 0 radical (unpaired) electrons. The Morgan fingerprint density at radius 1 is 1.42 bits per heavy atom. The smallest absolute Gasteiger partial charge is 0.190 e. The molecule has 0 aromatic heterocycles. The molecule has 1 rings (SSSR count). The quantitative estimate of drug-likeness (QED) is 0.420. The molecule has 0 bridgehead atoms. The number of benzene rings is 1. The molecule has 0 fully saturated rings. The van der Waals surface area contributed by atoms with Crippen molar-refractivity contribution in [1.29, 1.82) is 10.7 Å². The first kappa shape index (κ1) is 8.08. The van der Waals surface area contributed by atoms with E-state index in [2.05, 4.69) is 5.32 Å². The molecule has 0 aliphatic carbocycles. The van der Waals surface area contributed by atoms with E-state index < -0.39 is 0 Å². The first-order valence-electron chi connectivity index (χ1n) is 3.33. The zero-order chi connectivity index (χ0) is 8.97. The van der Waals surface area contributed by atoms with Gasteiger partial charge in [0.15, 0.2) is 5.96 Å². The molecule has 0 aliphatic rings. The van der Waals surface area contributed by atoms with Gasteiger partial charge in [-0.25, -0.2) is 0 Å². The third-order valence-corrected chi connectivity index (χ3v) is 1.29. The fourth-order valence-electron chi connectivity index (χ4n) is 0.784. The van der Waals surface area contributed by atoms with E-state index in [0.717, 1.165) is 0 Å². The lowest BCUT2D eigenvalue weighted by atomic mass is 10.2. The van der Waals surface area contributed by atoms with Crippen LogP contribution < -0.4 is 11.1 Å². The molecule has 0 saturated heterocycles. The first-order chi connectivity index (χ1) is 5.72. The lowest BCUT2D eigenvalue weighted by Gasteiger charge is -2.01. The monoisotopic (exact) mass is 160 g/mol. The predicted molar refractivity (Wildman–Crippen MR) is 46.7 cm³/mol. The van der Waals surface area contributed by atoms with Gasteiger partial charge in [-0.1, -0.05) is 0 Å². The Bertz CT molecular complexity index is 320. The molecule has 60 valence electrons. The lowest BCUT2D eigenvalue weighted by molar-refractivity contribution is 1.41. The average Bonchev–Trinajstić information content (AvgIpc) is 2.05. The Hall–Kier alpha value is -2.02. The van der Waals surface area contributed by atoms with Crippen molar-refractivity contribution in [3.8, 4) is 6.07 Å². The summed E-state index contributed by atoms with van der Waals surface area (Å²) in [5.74, 6) is -0.111. The Morgan fingerprint density at radius 2 is 2.00 bits per heavy atom. The maximum atomic E-state index is 8.47. The van der Waals surface area contributed by atoms with Gasteiger partial charge >= 0.3 is 0 Å². The molecule has 0 amide bonds. The maximum Gasteiger partial charge on any atom is 0.190 e. The lowest BCUT2D eigenvalue weighted by Crippen LogP contribution is -2.20. The summed E-state index contributed by atoms with van der Waals surface area (Å²) >= 11 is 0. The van der Waals surface area contributed by atoms with Crippen molar-refractivity contribution in [2.24, 2.45) is 5.73 Å². The van der Waals surface area contributed by atoms with E-state index in [1.54, 1.807) is 24.3 Å². The summed E-state index contributed by atoms with van der Waals surface area (Å²) in [5.41, 5.74) is 6.40. The molecule has 12 heavy (non-hydrogen) atoms. The standard InChI is InChI=1S/C8H8N4/c9-5-6-1-3-7(4-2-6)12-8(10)11/h1-4H,(H4,10,11,12). The second-order valence-electron chi connectivity index (χ2n) is 2.23. The van der Waals surface area contributed by atoms with E-state index in [9.17, 15) is 0 Å². The van der Waals surface area contributed by atoms with Crippen LogP contribution in [0.25, 0.3) is 0 Å². The summed E-state index contributed by atoms with van der Waals surface area (Å²) in [6.45, 7) is 0. The molecule has 0 aliphatic heterocycles. The van der Waals surface area contributed by atoms with Crippen LogP contribution in [0, 0.1) is 16.7 Å². The van der Waals surface area contributed by atoms with E-state index in [1.807, 2.05) is 6.07 Å². The number of anilines is 1. The number of nitrogens with one attached hydrogen (secondary N) is 2. The summed E-state index contributed by atoms with van der Waals surface area (Å²) in [5, 5.41) is 18.0. The second-order valence-corrected chi connectivity index (χ2v) is 2.23. The van der Waals surface area contributed by atoms with E-state index in [1.165, 1.54) is 0 Å². The summed E-state index contributed by atoms with van der Waals surface area (Å²) in [6.07, 6.45) is 0. The summed E-state index contributed by atoms with van der Waals surface area (Å²) in [6, 6.07) is 8.70. The molecule has 0 unspecified atom stereocenters. The third-order valence-electron chi connectivity index (χ3n) is 1.29. The van der Waals surface area contributed by atoms with Crippen molar-refractivity contribution >= 4 is 11.6 Å². The maximum absolute atomic E-state index is 8.47. The molecule has 4 N–H and O–H groups in total. The van der Waals surface area contributed by atoms with Gasteiger partial charge in [-0.15, -0.1) is 0 Å². The van der Waals surface area contributed by atoms with E-state index in [4.69, 9.17) is 16.4 Å². The molecule has 0 atom stereocenters. The van der Waals surface area contributed by atoms with Crippen molar-refractivity contribution in [3.63, 3.8) is 0 Å². The van der Waals surface area contributed by atoms with Gasteiger partial charge in [0.1, 0.15) is 0 Å². The molecule has 4 heteroatoms. The van der Waals surface area contributed by atoms with Crippen LogP contribution in [0.15, 0.2) is 24.3 Å². The van der Waals surface area contributed by atoms with Gasteiger partial charge in [-0.2, -0.15) is 5.26 Å². The molecular weight excluding hydrogens is 152 g/mol. The van der Waals surface area contributed by atoms with Gasteiger partial charge in [0.25, 0.3) is 0 Å². The van der Waals surface area contributed by atoms with Crippen molar-refractivity contribution in [3.05, 3.63) is 29.8 Å². The van der Waals surface area contributed by atoms with Crippen LogP contribution in [0.1, 0.15) is 5.56 Å². The summed E-state index contributed by atoms with van der Waals surface area (Å²) < 4.78 is 0. The van der Waals surface area contributed by atoms with Crippen molar-refractivity contribution in [2.75, 3.05) is 5.32 Å². The highest BCUT2D eigenvalue weighted by atomic mass is 15.0. The number of hydrogen-bond donors (Lipinski definition) is 3. The minimum Gasteiger partial charge on any atom is -0.370 e. The van der Waals surface area contributed by atoms with Crippen LogP contribution >= 0.6 is 0 Å². The van der Waals surface area contributed by atoms with Crippen LogP contribution in [0.4, 0.5) is 5.69 Å². The van der Waals surface area contributed by atoms with Crippen LogP contribution in [0.2, 0.25) is 0 Å². The van der Waals surface area contributed by atoms with Gasteiger partial charge in [0.05, 0.1) is 11.6 Å². The highest BCUT2D eigenvalue weighted by Crippen LogP contribution is 2.07. The highest BCUT2D eigenvalue weighted by molar-refractivity contribution is 5.89. The van der Waals surface area contributed by atoms with E-state index >= 15 is 0 Å². The molecule has 4 nitrogen and oxygen atoms in total. The Morgan fingerprint density at radius 3 is 2.42 bits per heavy atom. The Labute approximate surface area is 70.1 Å². The number of nitriles is 1. The van der Waals surface area contributed by atoms with E-state index in [-0.39, 0.29) is 5.96 Å². The number of rotatable bonds is 1. The first-order valence-corrected chi connectivity index (χ1v) is 3.33. The van der Waals surface area contributed by atoms with Crippen molar-refractivity contribution < 1.29 is 0 Å². The molecule has 0 heterocycles. The van der Waals surface area contributed by atoms with E-state index in [0.29, 0.717) is 11.3 Å². The minimum absolute atomic E-state index is 0.111. The normalized spacial score (nSPS) is 8.58. The zero-order valence-corrected chi connectivity index (χ0v) is 6.33. The van der Waals surface area contributed by atoms with Gasteiger partial charge < -0.3 is 11.1 Å². The number of guanidine groups is 1. The van der Waals surface area contributed by atoms with Gasteiger partial charge in [-0.3, -0.25) is 5.41 Å². The Balaban J connectivity index is 2.80. The molecule has 0 spiro atoms. The number of nitrogens with zero attached hydrogens (tertiary/aromatic N) is 1. The number of nitrogens with two attached hydrogens (primary N) is 1. The predicted octanol–water partition coefficient (Wildman–Crippen LogP) is 0.864. The highest BCUT2D eigenvalue weighted by Gasteiger charge is 1.92. The molecule has 1 aromatic carbocycles. The second kappa shape index (κ2) is 3.39. The third kappa shape index (κ3) is 1.99. The van der Waals surface area contributed by atoms with Crippen LogP contribution in [0.5, 0.6) is 0 Å². The SMILES string of the molecule is N#Cc1ccc(NC(=N)N)cc1. The van der Waals surface area contributed by atoms with Crippen LogP contribution in [0.3, 0.4) is 0 Å². The van der Waals surface area contributed by atoms with Gasteiger partial charge in [0.2, 0.25) is 0 Å². The molecule has 0 saturated carbocycles. The van der Waals surface area contributed by atoms with Gasteiger partial charge in [-0.05, 0) is 24.3 Å². The fourth-order valence-corrected chi connectivity index (χ4v) is 0.784. The Kier molecular flexibility index (Phi) is 2.29.